The molecule has 0 saturated heterocycles. The first-order valence-electron chi connectivity index (χ1n) is 11.1. The van der Waals surface area contributed by atoms with Crippen LogP contribution in [0, 0.1) is 6.92 Å². The molecule has 33 heavy (non-hydrogen) atoms. The molecule has 5 nitrogen and oxygen atoms in total. The maximum atomic E-state index is 11.2. The average molecular weight is 462 g/mol. The maximum absolute atomic E-state index is 11.2. The minimum absolute atomic E-state index is 0.280. The lowest BCUT2D eigenvalue weighted by molar-refractivity contribution is 0.198. The van der Waals surface area contributed by atoms with Gasteiger partial charge in [0.05, 0.1) is 16.6 Å². The first kappa shape index (κ1) is 22.9. The van der Waals surface area contributed by atoms with Crippen molar-refractivity contribution in [1.29, 1.82) is 0 Å². The fraction of sp³-hybridized carbons (Fsp3) is 0.222. The highest BCUT2D eigenvalue weighted by Gasteiger charge is 2.14. The molecule has 6 heteroatoms. The largest absolute Gasteiger partial charge is 0.507 e. The number of hydrogen-bond acceptors (Lipinski definition) is 4. The van der Waals surface area contributed by atoms with Crippen LogP contribution in [0.15, 0.2) is 71.9 Å². The molecule has 0 spiro atoms. The predicted octanol–water partition coefficient (Wildman–Crippen LogP) is 6.29. The van der Waals surface area contributed by atoms with Gasteiger partial charge >= 0.3 is 0 Å². The quantitative estimate of drug-likeness (QED) is 0.332. The van der Waals surface area contributed by atoms with Crippen molar-refractivity contribution in [1.82, 2.24) is 9.63 Å². The molecule has 0 saturated carbocycles. The molecule has 0 radical (unpaired) electrons. The molecule has 170 valence electrons. The third kappa shape index (κ3) is 4.90. The number of hydrogen-bond donors (Lipinski definition) is 2. The van der Waals surface area contributed by atoms with Gasteiger partial charge in [-0.3, -0.25) is 4.90 Å². The van der Waals surface area contributed by atoms with E-state index < -0.39 is 0 Å². The van der Waals surface area contributed by atoms with Gasteiger partial charge in [0.2, 0.25) is 0 Å². The summed E-state index contributed by atoms with van der Waals surface area (Å²) in [5, 5.41) is 23.4. The molecular formula is C27H28ClN3O2. The molecule has 1 heterocycles. The lowest BCUT2D eigenvalue weighted by Gasteiger charge is -2.20. The fourth-order valence-corrected chi connectivity index (χ4v) is 4.13. The molecule has 0 fully saturated rings. The second kappa shape index (κ2) is 9.69. The Morgan fingerprint density at radius 1 is 0.970 bits per heavy atom. The lowest BCUT2D eigenvalue weighted by atomic mass is 9.99. The minimum atomic E-state index is 0.280. The van der Waals surface area contributed by atoms with Gasteiger partial charge in [0.1, 0.15) is 5.75 Å². The Kier molecular flexibility index (Phi) is 6.72. The molecule has 3 aromatic carbocycles. The summed E-state index contributed by atoms with van der Waals surface area (Å²) in [6.07, 6.45) is 1.55. The Hall–Kier alpha value is -3.28. The van der Waals surface area contributed by atoms with Crippen LogP contribution < -0.4 is 5.36 Å². The Balaban J connectivity index is 1.93. The molecule has 4 rings (SSSR count). The van der Waals surface area contributed by atoms with E-state index in [1.54, 1.807) is 24.4 Å². The van der Waals surface area contributed by atoms with Gasteiger partial charge < -0.3 is 10.3 Å². The molecule has 4 aromatic rings. The van der Waals surface area contributed by atoms with E-state index in [4.69, 9.17) is 16.6 Å². The van der Waals surface area contributed by atoms with Crippen molar-refractivity contribution in [2.24, 2.45) is 4.99 Å². The normalized spacial score (nSPS) is 12.1. The molecule has 0 aliphatic heterocycles. The van der Waals surface area contributed by atoms with Crippen LogP contribution in [-0.4, -0.2) is 33.0 Å². The fourth-order valence-electron chi connectivity index (χ4n) is 3.96. The summed E-state index contributed by atoms with van der Waals surface area (Å²) in [5.74, 6) is 0.280. The lowest BCUT2D eigenvalue weighted by Crippen LogP contribution is -2.22. The Morgan fingerprint density at radius 3 is 2.39 bits per heavy atom. The highest BCUT2D eigenvalue weighted by atomic mass is 35.5. The van der Waals surface area contributed by atoms with Crippen molar-refractivity contribution < 1.29 is 10.3 Å². The first-order chi connectivity index (χ1) is 15.9. The minimum Gasteiger partial charge on any atom is -0.507 e. The van der Waals surface area contributed by atoms with Crippen molar-refractivity contribution in [3.8, 4) is 16.9 Å². The number of nitrogens with zero attached hydrogens (tertiary/aromatic N) is 3. The molecule has 0 aliphatic carbocycles. The molecule has 0 bridgehead atoms. The number of rotatable bonds is 6. The summed E-state index contributed by atoms with van der Waals surface area (Å²) in [4.78, 5) is 7.16. The van der Waals surface area contributed by atoms with Gasteiger partial charge in [-0.25, -0.2) is 4.99 Å². The van der Waals surface area contributed by atoms with Crippen LogP contribution >= 0.6 is 11.6 Å². The second-order valence-corrected chi connectivity index (χ2v) is 8.58. The summed E-state index contributed by atoms with van der Waals surface area (Å²) in [6, 6.07) is 19.1. The Morgan fingerprint density at radius 2 is 1.70 bits per heavy atom. The van der Waals surface area contributed by atoms with Crippen molar-refractivity contribution >= 4 is 28.2 Å². The molecule has 1 aromatic heterocycles. The number of fused-ring (bicyclic) bond motifs is 1. The van der Waals surface area contributed by atoms with E-state index >= 15 is 0 Å². The van der Waals surface area contributed by atoms with Gasteiger partial charge in [0, 0.05) is 34.3 Å². The van der Waals surface area contributed by atoms with Gasteiger partial charge in [0.15, 0.2) is 0 Å². The second-order valence-electron chi connectivity index (χ2n) is 8.15. The SMILES string of the molecule is CCN(CC)Cc1cc(N=c2ccn(O)c3cc(Cl)ccc23)cc(-c2ccc(C)cc2)c1O. The zero-order valence-corrected chi connectivity index (χ0v) is 19.8. The molecular weight excluding hydrogens is 434 g/mol. The van der Waals surface area contributed by atoms with Gasteiger partial charge in [0.25, 0.3) is 0 Å². The predicted molar refractivity (Wildman–Crippen MR) is 134 cm³/mol. The number of aryl methyl sites for hydroxylation is 1. The van der Waals surface area contributed by atoms with Crippen LogP contribution in [0.3, 0.4) is 0 Å². The summed E-state index contributed by atoms with van der Waals surface area (Å²) < 4.78 is 1.04. The number of aromatic nitrogens is 1. The number of aromatic hydroxyl groups is 1. The number of phenolic OH excluding ortho intramolecular Hbond substituents is 1. The van der Waals surface area contributed by atoms with Crippen LogP contribution in [0.25, 0.3) is 22.0 Å². The number of phenols is 1. The van der Waals surface area contributed by atoms with Crippen LogP contribution in [0.1, 0.15) is 25.0 Å². The standard InChI is InChI=1S/C27H28ClN3O2/c1-4-30(5-2)17-20-14-22(16-24(27(20)32)19-8-6-18(3)7-9-19)29-25-12-13-31(33)26-15-21(28)10-11-23(25)26/h6-16,32-33H,4-5,17H2,1-3H3. The van der Waals surface area contributed by atoms with Crippen LogP contribution in [0.4, 0.5) is 5.69 Å². The molecule has 0 amide bonds. The van der Waals surface area contributed by atoms with Gasteiger partial charge in [-0.1, -0.05) is 55.3 Å². The summed E-state index contributed by atoms with van der Waals surface area (Å²) >= 11 is 6.13. The summed E-state index contributed by atoms with van der Waals surface area (Å²) in [6.45, 7) is 8.67. The number of halogens is 1. The van der Waals surface area contributed by atoms with Gasteiger partial charge in [-0.05, 0) is 62.0 Å². The number of benzene rings is 3. The van der Waals surface area contributed by atoms with Gasteiger partial charge in [-0.2, -0.15) is 4.73 Å². The van der Waals surface area contributed by atoms with Crippen LogP contribution in [0.5, 0.6) is 5.75 Å². The van der Waals surface area contributed by atoms with Gasteiger partial charge in [-0.15, -0.1) is 0 Å². The van der Waals surface area contributed by atoms with E-state index in [1.807, 2.05) is 49.4 Å². The van der Waals surface area contributed by atoms with E-state index in [0.29, 0.717) is 22.4 Å². The Bertz CT molecular complexity index is 1360. The highest BCUT2D eigenvalue weighted by Crippen LogP contribution is 2.37. The molecule has 2 N–H and O–H groups in total. The molecule has 0 unspecified atom stereocenters. The van der Waals surface area contributed by atoms with Crippen molar-refractivity contribution in [3.63, 3.8) is 0 Å². The molecule has 0 atom stereocenters. The van der Waals surface area contributed by atoms with E-state index in [1.165, 1.54) is 0 Å². The van der Waals surface area contributed by atoms with E-state index in [0.717, 1.165) is 51.1 Å². The molecule has 0 aliphatic rings. The third-order valence-electron chi connectivity index (χ3n) is 5.93. The summed E-state index contributed by atoms with van der Waals surface area (Å²) in [5.41, 5.74) is 4.99. The Labute approximate surface area is 198 Å². The smallest absolute Gasteiger partial charge is 0.128 e. The zero-order valence-electron chi connectivity index (χ0n) is 19.1. The highest BCUT2D eigenvalue weighted by molar-refractivity contribution is 6.31. The topological polar surface area (TPSA) is 61.0 Å². The van der Waals surface area contributed by atoms with Crippen LogP contribution in [0.2, 0.25) is 5.02 Å². The maximum Gasteiger partial charge on any atom is 0.128 e. The van der Waals surface area contributed by atoms with E-state index in [-0.39, 0.29) is 5.75 Å². The van der Waals surface area contributed by atoms with Crippen molar-refractivity contribution in [2.45, 2.75) is 27.3 Å². The first-order valence-corrected chi connectivity index (χ1v) is 11.5. The van der Waals surface area contributed by atoms with E-state index in [2.05, 4.69) is 18.7 Å². The monoisotopic (exact) mass is 461 g/mol. The summed E-state index contributed by atoms with van der Waals surface area (Å²) in [7, 11) is 0. The third-order valence-corrected chi connectivity index (χ3v) is 6.17. The van der Waals surface area contributed by atoms with E-state index in [9.17, 15) is 10.3 Å². The van der Waals surface area contributed by atoms with Crippen molar-refractivity contribution in [2.75, 3.05) is 13.1 Å². The van der Waals surface area contributed by atoms with Crippen molar-refractivity contribution in [3.05, 3.63) is 88.4 Å². The average Bonchev–Trinajstić information content (AvgIpc) is 2.81. The van der Waals surface area contributed by atoms with Crippen LogP contribution in [-0.2, 0) is 6.54 Å². The number of pyridine rings is 1. The zero-order chi connectivity index (χ0) is 23.5.